The zero-order valence-electron chi connectivity index (χ0n) is 21.4. The van der Waals surface area contributed by atoms with Crippen LogP contribution in [0.5, 0.6) is 0 Å². The summed E-state index contributed by atoms with van der Waals surface area (Å²) < 4.78 is 67.3. The van der Waals surface area contributed by atoms with E-state index in [1.54, 1.807) is 12.1 Å². The quantitative estimate of drug-likeness (QED) is 0.260. The Morgan fingerprint density at radius 2 is 1.85 bits per heavy atom. The minimum atomic E-state index is -4.80. The van der Waals surface area contributed by atoms with Gasteiger partial charge in [0.2, 0.25) is 5.91 Å². The number of nitrogens with zero attached hydrogens (tertiary/aromatic N) is 3. The van der Waals surface area contributed by atoms with Crippen LogP contribution in [-0.4, -0.2) is 53.0 Å². The van der Waals surface area contributed by atoms with Gasteiger partial charge < -0.3 is 25.1 Å². The molecule has 1 saturated heterocycles. The Morgan fingerprint density at radius 1 is 1.07 bits per heavy atom. The number of hydrogen-bond donors (Lipinski definition) is 2. The SMILES string of the molecule is Nc1ccc(/C=C/C(=O)NCc2cc3cc(-c4cc(C(=O)N5CCOCC5)c(F)cn4)cc(C(F)(F)F)c3o2)cn1. The fraction of sp³-hybridized carbons (Fsp3) is 0.214. The van der Waals surface area contributed by atoms with E-state index in [0.29, 0.717) is 24.6 Å². The average Bonchev–Trinajstić information content (AvgIpc) is 3.38. The van der Waals surface area contributed by atoms with Gasteiger partial charge in [-0.05, 0) is 48.0 Å². The van der Waals surface area contributed by atoms with Gasteiger partial charge >= 0.3 is 6.18 Å². The highest BCUT2D eigenvalue weighted by Crippen LogP contribution is 2.39. The first-order valence-electron chi connectivity index (χ1n) is 12.4. The number of ether oxygens (including phenoxy) is 1. The maximum absolute atomic E-state index is 14.5. The number of alkyl halides is 3. The molecule has 0 atom stereocenters. The van der Waals surface area contributed by atoms with Gasteiger partial charge in [-0.25, -0.2) is 9.37 Å². The zero-order valence-corrected chi connectivity index (χ0v) is 21.4. The molecule has 4 heterocycles. The number of carbonyl (C=O) groups excluding carboxylic acids is 2. The van der Waals surface area contributed by atoms with Gasteiger partial charge in [0.05, 0.1) is 42.8 Å². The van der Waals surface area contributed by atoms with Gasteiger partial charge in [-0.15, -0.1) is 0 Å². The lowest BCUT2D eigenvalue weighted by Gasteiger charge is -2.27. The van der Waals surface area contributed by atoms with Crippen molar-refractivity contribution in [1.82, 2.24) is 20.2 Å². The molecule has 0 radical (unpaired) electrons. The summed E-state index contributed by atoms with van der Waals surface area (Å²) in [6, 6.07) is 7.98. The molecule has 41 heavy (non-hydrogen) atoms. The van der Waals surface area contributed by atoms with E-state index in [1.807, 2.05) is 0 Å². The zero-order chi connectivity index (χ0) is 29.1. The molecule has 3 aromatic heterocycles. The summed E-state index contributed by atoms with van der Waals surface area (Å²) in [5.74, 6) is -1.59. The van der Waals surface area contributed by atoms with Crippen LogP contribution in [0.15, 0.2) is 59.3 Å². The van der Waals surface area contributed by atoms with E-state index in [4.69, 9.17) is 14.9 Å². The van der Waals surface area contributed by atoms with Crippen molar-refractivity contribution in [2.75, 3.05) is 32.0 Å². The highest BCUT2D eigenvalue weighted by atomic mass is 19.4. The molecule has 5 rings (SSSR count). The number of aromatic nitrogens is 2. The van der Waals surface area contributed by atoms with Crippen LogP contribution in [0.25, 0.3) is 28.3 Å². The number of nitrogens with one attached hydrogen (secondary N) is 1. The summed E-state index contributed by atoms with van der Waals surface area (Å²) in [4.78, 5) is 34.4. The smallest absolute Gasteiger partial charge is 0.420 e. The number of nitrogen functional groups attached to an aromatic ring is 1. The number of halogens is 4. The van der Waals surface area contributed by atoms with Crippen molar-refractivity contribution in [3.05, 3.63) is 83.1 Å². The third-order valence-corrected chi connectivity index (χ3v) is 6.33. The first kappa shape index (κ1) is 27.8. The molecule has 2 amide bonds. The molecule has 0 unspecified atom stereocenters. The predicted octanol–water partition coefficient (Wildman–Crippen LogP) is 4.43. The van der Waals surface area contributed by atoms with Crippen LogP contribution >= 0.6 is 0 Å². The molecular formula is C28H23F4N5O4. The van der Waals surface area contributed by atoms with Gasteiger partial charge in [-0.2, -0.15) is 13.2 Å². The summed E-state index contributed by atoms with van der Waals surface area (Å²) in [5.41, 5.74) is 4.34. The number of benzene rings is 1. The van der Waals surface area contributed by atoms with E-state index in [2.05, 4.69) is 15.3 Å². The predicted molar refractivity (Wildman–Crippen MR) is 141 cm³/mol. The monoisotopic (exact) mass is 569 g/mol. The Labute approximate surface area is 230 Å². The van der Waals surface area contributed by atoms with Gasteiger partial charge in [0, 0.05) is 36.3 Å². The molecule has 1 aromatic carbocycles. The van der Waals surface area contributed by atoms with E-state index >= 15 is 0 Å². The number of carbonyl (C=O) groups is 2. The standard InChI is InChI=1S/C28H23F4N5O4/c29-22-15-34-23(12-20(22)27(39)37-5-7-40-8-6-37)17-9-18-10-19(41-26(18)21(11-17)28(30,31)32)14-36-25(38)4-2-16-1-3-24(33)35-13-16/h1-4,9-13,15H,5-8,14H2,(H2,33,35)(H,36,38)/b4-2+. The fourth-order valence-corrected chi connectivity index (χ4v) is 4.27. The maximum atomic E-state index is 14.5. The van der Waals surface area contributed by atoms with E-state index in [1.165, 1.54) is 35.4 Å². The number of anilines is 1. The van der Waals surface area contributed by atoms with Crippen molar-refractivity contribution >= 4 is 34.7 Å². The highest BCUT2D eigenvalue weighted by Gasteiger charge is 2.35. The van der Waals surface area contributed by atoms with E-state index < -0.39 is 35.0 Å². The van der Waals surface area contributed by atoms with Gasteiger partial charge in [0.15, 0.2) is 5.82 Å². The number of pyridine rings is 2. The summed E-state index contributed by atoms with van der Waals surface area (Å²) in [5, 5.41) is 2.64. The number of nitrogens with two attached hydrogens (primary N) is 1. The topological polar surface area (TPSA) is 124 Å². The Bertz CT molecular complexity index is 1630. The normalized spacial score (nSPS) is 14.1. The largest absolute Gasteiger partial charge is 0.459 e. The van der Waals surface area contributed by atoms with Crippen molar-refractivity contribution in [2.24, 2.45) is 0 Å². The molecular weight excluding hydrogens is 546 g/mol. The third-order valence-electron chi connectivity index (χ3n) is 6.33. The minimum absolute atomic E-state index is 0.0114. The molecule has 0 saturated carbocycles. The maximum Gasteiger partial charge on any atom is 0.420 e. The summed E-state index contributed by atoms with van der Waals surface area (Å²) in [6.45, 7) is 0.955. The van der Waals surface area contributed by atoms with Crippen LogP contribution in [0.4, 0.5) is 23.4 Å². The van der Waals surface area contributed by atoms with Crippen LogP contribution in [0, 0.1) is 5.82 Å². The van der Waals surface area contributed by atoms with Crippen LogP contribution < -0.4 is 11.1 Å². The molecule has 4 aromatic rings. The summed E-state index contributed by atoms with van der Waals surface area (Å²) >= 11 is 0. The highest BCUT2D eigenvalue weighted by molar-refractivity contribution is 5.96. The van der Waals surface area contributed by atoms with Gasteiger partial charge in [0.25, 0.3) is 5.91 Å². The number of morpholine rings is 1. The van der Waals surface area contributed by atoms with Crippen LogP contribution in [0.1, 0.15) is 27.2 Å². The Morgan fingerprint density at radius 3 is 2.56 bits per heavy atom. The number of fused-ring (bicyclic) bond motifs is 1. The van der Waals surface area contributed by atoms with Crippen LogP contribution in [-0.2, 0) is 22.3 Å². The van der Waals surface area contributed by atoms with Crippen molar-refractivity contribution < 1.29 is 36.3 Å². The molecule has 0 bridgehead atoms. The first-order chi connectivity index (χ1) is 19.6. The van der Waals surface area contributed by atoms with Gasteiger partial charge in [-0.3, -0.25) is 14.6 Å². The second-order valence-corrected chi connectivity index (χ2v) is 9.17. The van der Waals surface area contributed by atoms with Gasteiger partial charge in [-0.1, -0.05) is 0 Å². The van der Waals surface area contributed by atoms with E-state index in [-0.39, 0.29) is 47.6 Å². The molecule has 212 valence electrons. The van der Waals surface area contributed by atoms with E-state index in [0.717, 1.165) is 18.3 Å². The Hall–Kier alpha value is -4.78. The first-order valence-corrected chi connectivity index (χ1v) is 12.4. The molecule has 0 spiro atoms. The third kappa shape index (κ3) is 6.35. The van der Waals surface area contributed by atoms with Crippen LogP contribution in [0.2, 0.25) is 0 Å². The van der Waals surface area contributed by atoms with E-state index in [9.17, 15) is 27.2 Å². The minimum Gasteiger partial charge on any atom is -0.459 e. The van der Waals surface area contributed by atoms with Crippen LogP contribution in [0.3, 0.4) is 0 Å². The molecule has 1 fully saturated rings. The lowest BCUT2D eigenvalue weighted by molar-refractivity contribution is -0.136. The summed E-state index contributed by atoms with van der Waals surface area (Å²) in [6.07, 6.45) is 0.235. The lowest BCUT2D eigenvalue weighted by Crippen LogP contribution is -2.41. The molecule has 1 aliphatic heterocycles. The van der Waals surface area contributed by atoms with Crippen molar-refractivity contribution in [3.63, 3.8) is 0 Å². The molecule has 3 N–H and O–H groups in total. The Kier molecular flexibility index (Phi) is 7.70. The molecule has 1 aliphatic rings. The van der Waals surface area contributed by atoms with Crippen molar-refractivity contribution in [1.29, 1.82) is 0 Å². The van der Waals surface area contributed by atoms with Crippen molar-refractivity contribution in [3.8, 4) is 11.3 Å². The fourth-order valence-electron chi connectivity index (χ4n) is 4.27. The molecule has 13 heteroatoms. The average molecular weight is 570 g/mol. The number of hydrogen-bond acceptors (Lipinski definition) is 7. The summed E-state index contributed by atoms with van der Waals surface area (Å²) in [7, 11) is 0. The number of rotatable bonds is 6. The number of furan rings is 1. The molecule has 9 nitrogen and oxygen atoms in total. The van der Waals surface area contributed by atoms with Crippen molar-refractivity contribution in [2.45, 2.75) is 12.7 Å². The van der Waals surface area contributed by atoms with Gasteiger partial charge in [0.1, 0.15) is 17.2 Å². The Balaban J connectivity index is 1.41. The lowest BCUT2D eigenvalue weighted by atomic mass is 10.0. The second kappa shape index (κ2) is 11.4. The second-order valence-electron chi connectivity index (χ2n) is 9.17. The number of amides is 2. The molecule has 0 aliphatic carbocycles.